The Balaban J connectivity index is 2.08. The summed E-state index contributed by atoms with van der Waals surface area (Å²) in [6, 6.07) is 9.62. The van der Waals surface area contributed by atoms with E-state index in [1.807, 2.05) is 0 Å². The first-order valence-corrected chi connectivity index (χ1v) is 7.46. The molecule has 2 rings (SSSR count). The molecule has 0 radical (unpaired) electrons. The second kappa shape index (κ2) is 6.06. The maximum absolute atomic E-state index is 13.5. The Kier molecular flexibility index (Phi) is 4.39. The van der Waals surface area contributed by atoms with Crippen molar-refractivity contribution < 1.29 is 17.2 Å². The van der Waals surface area contributed by atoms with E-state index < -0.39 is 21.8 Å². The van der Waals surface area contributed by atoms with Crippen molar-refractivity contribution in [2.75, 3.05) is 10.0 Å². The van der Waals surface area contributed by atoms with Crippen molar-refractivity contribution in [1.29, 1.82) is 0 Å². The van der Waals surface area contributed by atoms with Crippen molar-refractivity contribution in [1.82, 2.24) is 0 Å². The molecule has 8 heteroatoms. The number of hydrogen-bond donors (Lipinski definition) is 3. The molecule has 21 heavy (non-hydrogen) atoms. The summed E-state index contributed by atoms with van der Waals surface area (Å²) in [5, 5.41) is 7.78. The zero-order chi connectivity index (χ0) is 15.5. The summed E-state index contributed by atoms with van der Waals surface area (Å²) in [6.45, 7) is 0.130. The Bertz CT molecular complexity index is 751. The fraction of sp³-hybridized carbons (Fsp3) is 0.0769. The molecule has 0 aromatic heterocycles. The largest absolute Gasteiger partial charge is 0.381 e. The van der Waals surface area contributed by atoms with Crippen LogP contribution in [0.2, 0.25) is 0 Å². The van der Waals surface area contributed by atoms with Crippen LogP contribution in [-0.2, 0) is 16.8 Å². The van der Waals surface area contributed by atoms with Gasteiger partial charge in [-0.2, -0.15) is 8.42 Å². The van der Waals surface area contributed by atoms with Gasteiger partial charge in [-0.15, -0.1) is 0 Å². The normalized spacial score (nSPS) is 11.2. The average molecular weight is 313 g/mol. The molecular weight excluding hydrogens is 300 g/mol. The van der Waals surface area contributed by atoms with E-state index in [-0.39, 0.29) is 12.2 Å². The standard InChI is InChI=1S/C13H13F2N3O2S/c14-10-5-4-9(13(15)6-10)8-17-11-2-1-3-12(7-11)18-21(16,19)20/h1-7,17-18H,8H2,(H2,16,19,20). The lowest BCUT2D eigenvalue weighted by molar-refractivity contribution is 0.574. The van der Waals surface area contributed by atoms with E-state index in [4.69, 9.17) is 5.14 Å². The molecule has 2 aromatic rings. The molecule has 0 fully saturated rings. The minimum atomic E-state index is -3.85. The number of halogens is 2. The highest BCUT2D eigenvalue weighted by atomic mass is 32.2. The molecule has 0 spiro atoms. The molecule has 4 N–H and O–H groups in total. The van der Waals surface area contributed by atoms with Crippen LogP contribution in [0.3, 0.4) is 0 Å². The van der Waals surface area contributed by atoms with Crippen LogP contribution in [0.15, 0.2) is 42.5 Å². The van der Waals surface area contributed by atoms with Crippen LogP contribution in [0.5, 0.6) is 0 Å². The predicted octanol–water partition coefficient (Wildman–Crippen LogP) is 2.19. The summed E-state index contributed by atoms with van der Waals surface area (Å²) in [5.74, 6) is -1.29. The Labute approximate surface area is 121 Å². The van der Waals surface area contributed by atoms with E-state index in [1.54, 1.807) is 12.1 Å². The van der Waals surface area contributed by atoms with Crippen LogP contribution in [0, 0.1) is 11.6 Å². The van der Waals surface area contributed by atoms with E-state index in [0.29, 0.717) is 11.3 Å². The number of hydrogen-bond acceptors (Lipinski definition) is 3. The zero-order valence-electron chi connectivity index (χ0n) is 10.8. The topological polar surface area (TPSA) is 84.2 Å². The van der Waals surface area contributed by atoms with Crippen LogP contribution in [0.25, 0.3) is 0 Å². The molecule has 2 aromatic carbocycles. The predicted molar refractivity (Wildman–Crippen MR) is 76.9 cm³/mol. The summed E-state index contributed by atoms with van der Waals surface area (Å²) >= 11 is 0. The lowest BCUT2D eigenvalue weighted by Crippen LogP contribution is -2.21. The average Bonchev–Trinajstić information content (AvgIpc) is 2.36. The smallest absolute Gasteiger partial charge is 0.296 e. The third kappa shape index (κ3) is 4.69. The minimum absolute atomic E-state index is 0.130. The Hall–Kier alpha value is -2.19. The van der Waals surface area contributed by atoms with Gasteiger partial charge in [-0.25, -0.2) is 13.9 Å². The lowest BCUT2D eigenvalue weighted by Gasteiger charge is -2.10. The minimum Gasteiger partial charge on any atom is -0.381 e. The summed E-state index contributed by atoms with van der Waals surface area (Å²) < 4.78 is 50.2. The number of benzene rings is 2. The first-order valence-electron chi connectivity index (χ1n) is 5.92. The molecule has 0 bridgehead atoms. The summed E-state index contributed by atoms with van der Waals surface area (Å²) in [7, 11) is -3.85. The molecule has 0 saturated carbocycles. The first-order chi connectivity index (χ1) is 9.83. The Morgan fingerprint density at radius 2 is 1.76 bits per heavy atom. The Morgan fingerprint density at radius 3 is 2.43 bits per heavy atom. The number of nitrogens with one attached hydrogen (secondary N) is 2. The second-order valence-corrected chi connectivity index (χ2v) is 5.61. The van der Waals surface area contributed by atoms with Crippen molar-refractivity contribution in [2.24, 2.45) is 5.14 Å². The third-order valence-electron chi connectivity index (χ3n) is 2.62. The molecule has 5 nitrogen and oxygen atoms in total. The second-order valence-electron chi connectivity index (χ2n) is 4.32. The van der Waals surface area contributed by atoms with E-state index in [9.17, 15) is 17.2 Å². The molecule has 0 atom stereocenters. The summed E-state index contributed by atoms with van der Waals surface area (Å²) in [5.41, 5.74) is 1.13. The fourth-order valence-corrected chi connectivity index (χ4v) is 2.17. The molecule has 0 heterocycles. The summed E-state index contributed by atoms with van der Waals surface area (Å²) in [4.78, 5) is 0. The van der Waals surface area contributed by atoms with E-state index in [0.717, 1.165) is 6.07 Å². The molecule has 0 unspecified atom stereocenters. The van der Waals surface area contributed by atoms with Crippen molar-refractivity contribution in [3.8, 4) is 0 Å². The molecule has 0 aliphatic heterocycles. The first kappa shape index (κ1) is 15.2. The highest BCUT2D eigenvalue weighted by Crippen LogP contribution is 2.17. The van der Waals surface area contributed by atoms with Gasteiger partial charge in [0.2, 0.25) is 0 Å². The SMILES string of the molecule is NS(=O)(=O)Nc1cccc(NCc2ccc(F)cc2F)c1. The molecular formula is C13H13F2N3O2S. The van der Waals surface area contributed by atoms with Crippen molar-refractivity contribution >= 4 is 21.6 Å². The van der Waals surface area contributed by atoms with Gasteiger partial charge in [-0.1, -0.05) is 12.1 Å². The maximum Gasteiger partial charge on any atom is 0.296 e. The lowest BCUT2D eigenvalue weighted by atomic mass is 10.2. The van der Waals surface area contributed by atoms with Crippen molar-refractivity contribution in [2.45, 2.75) is 6.54 Å². The fourth-order valence-electron chi connectivity index (χ4n) is 1.72. The van der Waals surface area contributed by atoms with Gasteiger partial charge in [-0.05, 0) is 24.3 Å². The number of rotatable bonds is 5. The van der Waals surface area contributed by atoms with Gasteiger partial charge in [0.15, 0.2) is 0 Å². The third-order valence-corrected chi connectivity index (χ3v) is 3.14. The van der Waals surface area contributed by atoms with Crippen molar-refractivity contribution in [3.05, 3.63) is 59.7 Å². The summed E-state index contributed by atoms with van der Waals surface area (Å²) in [6.07, 6.45) is 0. The van der Waals surface area contributed by atoms with Gasteiger partial charge in [0, 0.05) is 23.9 Å². The van der Waals surface area contributed by atoms with E-state index >= 15 is 0 Å². The van der Waals surface area contributed by atoms with Crippen molar-refractivity contribution in [3.63, 3.8) is 0 Å². The highest BCUT2D eigenvalue weighted by molar-refractivity contribution is 7.90. The molecule has 0 aliphatic carbocycles. The molecule has 0 aliphatic rings. The van der Waals surface area contributed by atoms with Crippen LogP contribution >= 0.6 is 0 Å². The number of nitrogens with two attached hydrogens (primary N) is 1. The van der Waals surface area contributed by atoms with Crippen LogP contribution in [-0.4, -0.2) is 8.42 Å². The monoisotopic (exact) mass is 313 g/mol. The zero-order valence-corrected chi connectivity index (χ0v) is 11.6. The van der Waals surface area contributed by atoms with Crippen LogP contribution < -0.4 is 15.2 Å². The highest BCUT2D eigenvalue weighted by Gasteiger charge is 2.05. The number of anilines is 2. The van der Waals surface area contributed by atoms with Crippen LogP contribution in [0.1, 0.15) is 5.56 Å². The van der Waals surface area contributed by atoms with Gasteiger partial charge in [0.05, 0.1) is 5.69 Å². The molecule has 112 valence electrons. The quantitative estimate of drug-likeness (QED) is 0.791. The van der Waals surface area contributed by atoms with E-state index in [1.165, 1.54) is 24.3 Å². The van der Waals surface area contributed by atoms with Gasteiger partial charge >= 0.3 is 0 Å². The maximum atomic E-state index is 13.5. The molecule has 0 amide bonds. The van der Waals surface area contributed by atoms with Gasteiger partial charge < -0.3 is 5.32 Å². The molecule has 0 saturated heterocycles. The van der Waals surface area contributed by atoms with Gasteiger partial charge in [0.1, 0.15) is 11.6 Å². The van der Waals surface area contributed by atoms with Gasteiger partial charge in [0.25, 0.3) is 10.2 Å². The van der Waals surface area contributed by atoms with Gasteiger partial charge in [-0.3, -0.25) is 4.72 Å². The van der Waals surface area contributed by atoms with Crippen LogP contribution in [0.4, 0.5) is 20.2 Å². The Morgan fingerprint density at radius 1 is 1.05 bits per heavy atom. The van der Waals surface area contributed by atoms with E-state index in [2.05, 4.69) is 10.0 Å².